The minimum absolute atomic E-state index is 0.0630. The highest BCUT2D eigenvalue weighted by Gasteiger charge is 2.27. The first kappa shape index (κ1) is 16.7. The molecule has 1 aromatic carbocycles. The van der Waals surface area contributed by atoms with Crippen molar-refractivity contribution in [3.05, 3.63) is 52.3 Å². The third-order valence-corrected chi connectivity index (χ3v) is 4.86. The molecule has 24 heavy (non-hydrogen) atoms. The van der Waals surface area contributed by atoms with Gasteiger partial charge < -0.3 is 4.90 Å². The zero-order valence-electron chi connectivity index (χ0n) is 15.4. The molecule has 0 bridgehead atoms. The topological polar surface area (TPSA) is 38.1 Å². The Morgan fingerprint density at radius 1 is 1.21 bits per heavy atom. The fourth-order valence-corrected chi connectivity index (χ4v) is 3.42. The molecule has 0 radical (unpaired) electrons. The Kier molecular flexibility index (Phi) is 4.24. The molecule has 0 atom stereocenters. The summed E-state index contributed by atoms with van der Waals surface area (Å²) in [7, 11) is 3.74. The van der Waals surface area contributed by atoms with E-state index in [9.17, 15) is 4.79 Å². The molecule has 1 amide bonds. The van der Waals surface area contributed by atoms with Crippen LogP contribution < -0.4 is 0 Å². The smallest absolute Gasteiger partial charge is 0.272 e. The summed E-state index contributed by atoms with van der Waals surface area (Å²) in [5.41, 5.74) is 5.62. The van der Waals surface area contributed by atoms with Crippen LogP contribution in [0.5, 0.6) is 0 Å². The van der Waals surface area contributed by atoms with Crippen molar-refractivity contribution in [3.63, 3.8) is 0 Å². The fraction of sp³-hybridized carbons (Fsp3) is 0.500. The summed E-state index contributed by atoms with van der Waals surface area (Å²) in [6, 6.07) is 8.57. The van der Waals surface area contributed by atoms with Crippen molar-refractivity contribution in [2.45, 2.75) is 52.0 Å². The lowest BCUT2D eigenvalue weighted by atomic mass is 9.87. The van der Waals surface area contributed by atoms with E-state index in [0.29, 0.717) is 6.54 Å². The first-order valence-electron chi connectivity index (χ1n) is 8.67. The van der Waals surface area contributed by atoms with E-state index in [-0.39, 0.29) is 11.3 Å². The highest BCUT2D eigenvalue weighted by Crippen LogP contribution is 2.26. The first-order valence-corrected chi connectivity index (χ1v) is 8.67. The molecule has 4 heteroatoms. The van der Waals surface area contributed by atoms with E-state index in [0.717, 1.165) is 41.8 Å². The third kappa shape index (κ3) is 3.10. The normalized spacial score (nSPS) is 13.9. The van der Waals surface area contributed by atoms with Gasteiger partial charge in [0.15, 0.2) is 0 Å². The fourth-order valence-electron chi connectivity index (χ4n) is 3.42. The van der Waals surface area contributed by atoms with Gasteiger partial charge in [0, 0.05) is 26.2 Å². The van der Waals surface area contributed by atoms with E-state index in [1.807, 2.05) is 14.1 Å². The molecule has 0 unspecified atom stereocenters. The highest BCUT2D eigenvalue weighted by molar-refractivity contribution is 5.94. The molecule has 4 nitrogen and oxygen atoms in total. The van der Waals surface area contributed by atoms with Crippen LogP contribution in [-0.2, 0) is 31.8 Å². The largest absolute Gasteiger partial charge is 0.336 e. The minimum Gasteiger partial charge on any atom is -0.336 e. The molecule has 0 aliphatic heterocycles. The Labute approximate surface area is 144 Å². The molecule has 0 saturated carbocycles. The number of rotatable bonds is 3. The van der Waals surface area contributed by atoms with E-state index in [2.05, 4.69) is 50.1 Å². The van der Waals surface area contributed by atoms with Gasteiger partial charge in [-0.25, -0.2) is 0 Å². The van der Waals surface area contributed by atoms with Gasteiger partial charge in [0.1, 0.15) is 5.69 Å². The van der Waals surface area contributed by atoms with Crippen molar-refractivity contribution in [3.8, 4) is 0 Å². The van der Waals surface area contributed by atoms with Crippen LogP contribution in [0.25, 0.3) is 0 Å². The Hall–Kier alpha value is -2.10. The van der Waals surface area contributed by atoms with Crippen LogP contribution in [0, 0.1) is 0 Å². The van der Waals surface area contributed by atoms with Gasteiger partial charge in [0.2, 0.25) is 0 Å². The number of fused-ring (bicyclic) bond motifs is 1. The minimum atomic E-state index is 0.0630. The zero-order chi connectivity index (χ0) is 17.5. The molecule has 1 aliphatic rings. The molecule has 3 rings (SSSR count). The van der Waals surface area contributed by atoms with Crippen molar-refractivity contribution in [1.82, 2.24) is 14.7 Å². The predicted octanol–water partition coefficient (Wildman–Crippen LogP) is 3.48. The number of carbonyl (C=O) groups is 1. The van der Waals surface area contributed by atoms with E-state index in [1.54, 1.807) is 9.58 Å². The van der Waals surface area contributed by atoms with Crippen LogP contribution >= 0.6 is 0 Å². The van der Waals surface area contributed by atoms with Crippen molar-refractivity contribution in [2.24, 2.45) is 7.05 Å². The molecule has 1 aromatic heterocycles. The van der Waals surface area contributed by atoms with Gasteiger partial charge in [-0.3, -0.25) is 9.48 Å². The number of carbonyl (C=O) groups excluding carboxylic acids is 1. The van der Waals surface area contributed by atoms with Crippen molar-refractivity contribution < 1.29 is 4.79 Å². The van der Waals surface area contributed by atoms with E-state index in [4.69, 9.17) is 0 Å². The maximum atomic E-state index is 12.9. The molecule has 128 valence electrons. The lowest BCUT2D eigenvalue weighted by molar-refractivity contribution is 0.0773. The molecule has 2 aromatic rings. The zero-order valence-corrected chi connectivity index (χ0v) is 15.4. The number of nitrogens with zero attached hydrogens (tertiary/aromatic N) is 3. The van der Waals surface area contributed by atoms with Crippen LogP contribution in [0.2, 0.25) is 0 Å². The number of hydrogen-bond acceptors (Lipinski definition) is 2. The average Bonchev–Trinajstić information content (AvgIpc) is 3.06. The Morgan fingerprint density at radius 3 is 2.50 bits per heavy atom. The van der Waals surface area contributed by atoms with Crippen molar-refractivity contribution in [1.29, 1.82) is 0 Å². The first-order chi connectivity index (χ1) is 11.3. The molecular formula is C20H27N3O. The summed E-state index contributed by atoms with van der Waals surface area (Å²) < 4.78 is 1.76. The summed E-state index contributed by atoms with van der Waals surface area (Å²) >= 11 is 0. The van der Waals surface area contributed by atoms with E-state index < -0.39 is 0 Å². The molecule has 0 fully saturated rings. The summed E-state index contributed by atoms with van der Waals surface area (Å²) in [6.07, 6.45) is 3.07. The van der Waals surface area contributed by atoms with Gasteiger partial charge in [0.05, 0.1) is 5.69 Å². The van der Waals surface area contributed by atoms with Crippen LogP contribution in [-0.4, -0.2) is 27.6 Å². The standard InChI is InChI=1S/C20H27N3O/c1-20(2,3)15-11-9-14(10-12-15)13-22(4)19(24)18-16-7-6-8-17(16)21-23(18)5/h9-12H,6-8,13H2,1-5H3. The molecule has 0 spiro atoms. The van der Waals surface area contributed by atoms with E-state index >= 15 is 0 Å². The maximum Gasteiger partial charge on any atom is 0.272 e. The van der Waals surface area contributed by atoms with Gasteiger partial charge >= 0.3 is 0 Å². The highest BCUT2D eigenvalue weighted by atomic mass is 16.2. The predicted molar refractivity (Wildman–Crippen MR) is 96.2 cm³/mol. The van der Waals surface area contributed by atoms with Gasteiger partial charge in [0.25, 0.3) is 5.91 Å². The lowest BCUT2D eigenvalue weighted by Gasteiger charge is -2.21. The molecule has 1 aliphatic carbocycles. The second-order valence-electron chi connectivity index (χ2n) is 7.86. The van der Waals surface area contributed by atoms with Crippen molar-refractivity contribution in [2.75, 3.05) is 7.05 Å². The van der Waals surface area contributed by atoms with E-state index in [1.165, 1.54) is 5.56 Å². The SMILES string of the molecule is CN(Cc1ccc(C(C)(C)C)cc1)C(=O)c1c2c(nn1C)CCC2. The van der Waals surface area contributed by atoms with Gasteiger partial charge in [-0.1, -0.05) is 45.0 Å². The van der Waals surface area contributed by atoms with Gasteiger partial charge in [-0.05, 0) is 35.8 Å². The van der Waals surface area contributed by atoms with Crippen LogP contribution in [0.3, 0.4) is 0 Å². The molecule has 0 N–H and O–H groups in total. The number of aryl methyl sites for hydroxylation is 2. The quantitative estimate of drug-likeness (QED) is 0.866. The monoisotopic (exact) mass is 325 g/mol. The molecule has 1 heterocycles. The number of benzene rings is 1. The maximum absolute atomic E-state index is 12.9. The second kappa shape index (κ2) is 6.08. The second-order valence-corrected chi connectivity index (χ2v) is 7.86. The number of hydrogen-bond donors (Lipinski definition) is 0. The number of aromatic nitrogens is 2. The molecule has 0 saturated heterocycles. The van der Waals surface area contributed by atoms with Crippen LogP contribution in [0.15, 0.2) is 24.3 Å². The van der Waals surface area contributed by atoms with Crippen LogP contribution in [0.4, 0.5) is 0 Å². The summed E-state index contributed by atoms with van der Waals surface area (Å²) in [5.74, 6) is 0.0630. The molecular weight excluding hydrogens is 298 g/mol. The third-order valence-electron chi connectivity index (χ3n) is 4.86. The summed E-state index contributed by atoms with van der Waals surface area (Å²) in [6.45, 7) is 7.24. The Morgan fingerprint density at radius 2 is 1.88 bits per heavy atom. The van der Waals surface area contributed by atoms with Crippen LogP contribution in [0.1, 0.15) is 60.1 Å². The lowest BCUT2D eigenvalue weighted by Crippen LogP contribution is -2.29. The van der Waals surface area contributed by atoms with Gasteiger partial charge in [-0.2, -0.15) is 5.10 Å². The Bertz CT molecular complexity index is 750. The van der Waals surface area contributed by atoms with Crippen molar-refractivity contribution >= 4 is 5.91 Å². The number of amides is 1. The average molecular weight is 325 g/mol. The Balaban J connectivity index is 1.75. The summed E-state index contributed by atoms with van der Waals surface area (Å²) in [5, 5.41) is 4.51. The summed E-state index contributed by atoms with van der Waals surface area (Å²) in [4.78, 5) is 14.7. The van der Waals surface area contributed by atoms with Gasteiger partial charge in [-0.15, -0.1) is 0 Å².